The van der Waals surface area contributed by atoms with Crippen molar-refractivity contribution in [2.45, 2.75) is 24.3 Å². The number of anilines is 1. The number of nitrogens with one attached hydrogen (secondary N) is 1. The van der Waals surface area contributed by atoms with Crippen molar-refractivity contribution in [1.82, 2.24) is 13.7 Å². The Hall–Kier alpha value is -1.16. The number of hydrazine groups is 1. The van der Waals surface area contributed by atoms with Crippen LogP contribution in [0.4, 0.5) is 5.82 Å². The van der Waals surface area contributed by atoms with Crippen molar-refractivity contribution in [3.63, 3.8) is 0 Å². The van der Waals surface area contributed by atoms with Gasteiger partial charge >= 0.3 is 0 Å². The van der Waals surface area contributed by atoms with Crippen LogP contribution in [0.5, 0.6) is 0 Å². The average Bonchev–Trinajstić information content (AvgIpc) is 2.92. The van der Waals surface area contributed by atoms with E-state index >= 15 is 0 Å². The second-order valence-corrected chi connectivity index (χ2v) is 7.88. The SMILES string of the molecule is CN(CC1CCC1)S(=O)(=O)c1c(NN)nc2sccn12. The third-order valence-corrected chi connectivity index (χ3v) is 6.35. The van der Waals surface area contributed by atoms with Gasteiger partial charge < -0.3 is 5.43 Å². The Morgan fingerprint density at radius 2 is 2.35 bits per heavy atom. The van der Waals surface area contributed by atoms with Crippen molar-refractivity contribution >= 4 is 32.1 Å². The lowest BCUT2D eigenvalue weighted by atomic mass is 9.86. The number of nitrogens with zero attached hydrogens (tertiary/aromatic N) is 3. The number of nitrogen functional groups attached to an aromatic ring is 1. The lowest BCUT2D eigenvalue weighted by Gasteiger charge is -2.29. The highest BCUT2D eigenvalue weighted by Gasteiger charge is 2.32. The fourth-order valence-electron chi connectivity index (χ4n) is 2.39. The fraction of sp³-hybridized carbons (Fsp3) is 0.545. The number of aromatic nitrogens is 2. The van der Waals surface area contributed by atoms with Crippen LogP contribution in [0.3, 0.4) is 0 Å². The number of thiazole rings is 1. The number of nitrogens with two attached hydrogens (primary N) is 1. The molecule has 0 atom stereocenters. The van der Waals surface area contributed by atoms with E-state index in [0.717, 1.165) is 12.8 Å². The molecule has 1 aliphatic rings. The molecule has 9 heteroatoms. The Morgan fingerprint density at radius 3 is 2.95 bits per heavy atom. The van der Waals surface area contributed by atoms with Gasteiger partial charge in [0.05, 0.1) is 0 Å². The number of imidazole rings is 1. The highest BCUT2D eigenvalue weighted by Crippen LogP contribution is 2.31. The summed E-state index contributed by atoms with van der Waals surface area (Å²) in [5.41, 5.74) is 2.38. The van der Waals surface area contributed by atoms with Crippen molar-refractivity contribution in [3.8, 4) is 0 Å². The van der Waals surface area contributed by atoms with Gasteiger partial charge in [-0.3, -0.25) is 4.40 Å². The van der Waals surface area contributed by atoms with E-state index in [1.165, 1.54) is 22.1 Å². The van der Waals surface area contributed by atoms with E-state index in [4.69, 9.17) is 5.84 Å². The number of hydrogen-bond acceptors (Lipinski definition) is 6. The molecule has 0 bridgehead atoms. The van der Waals surface area contributed by atoms with Gasteiger partial charge in [0.2, 0.25) is 5.03 Å². The first-order chi connectivity index (χ1) is 9.54. The summed E-state index contributed by atoms with van der Waals surface area (Å²) >= 11 is 1.37. The molecule has 2 aromatic rings. The van der Waals surface area contributed by atoms with Gasteiger partial charge in [-0.1, -0.05) is 6.42 Å². The van der Waals surface area contributed by atoms with E-state index in [2.05, 4.69) is 10.4 Å². The summed E-state index contributed by atoms with van der Waals surface area (Å²) < 4.78 is 28.4. The van der Waals surface area contributed by atoms with Crippen LogP contribution in [-0.4, -0.2) is 35.7 Å². The molecule has 3 N–H and O–H groups in total. The van der Waals surface area contributed by atoms with Gasteiger partial charge in [0, 0.05) is 25.2 Å². The van der Waals surface area contributed by atoms with Gasteiger partial charge in [-0.05, 0) is 18.8 Å². The van der Waals surface area contributed by atoms with Crippen LogP contribution in [-0.2, 0) is 10.0 Å². The zero-order chi connectivity index (χ0) is 14.3. The maximum atomic E-state index is 12.7. The minimum absolute atomic E-state index is 0.109. The van der Waals surface area contributed by atoms with Crippen LogP contribution in [0.2, 0.25) is 0 Å². The number of hydrogen-bond donors (Lipinski definition) is 2. The topological polar surface area (TPSA) is 92.7 Å². The maximum absolute atomic E-state index is 12.7. The summed E-state index contributed by atoms with van der Waals surface area (Å²) in [4.78, 5) is 4.80. The predicted molar refractivity (Wildman–Crippen MR) is 78.0 cm³/mol. The van der Waals surface area contributed by atoms with E-state index in [0.29, 0.717) is 17.4 Å². The molecule has 0 radical (unpaired) electrons. The fourth-order valence-corrected chi connectivity index (χ4v) is 4.61. The first-order valence-electron chi connectivity index (χ1n) is 6.42. The van der Waals surface area contributed by atoms with Crippen molar-refractivity contribution in [1.29, 1.82) is 0 Å². The molecular formula is C11H17N5O2S2. The molecule has 7 nitrogen and oxygen atoms in total. The molecule has 0 spiro atoms. The van der Waals surface area contributed by atoms with Gasteiger partial charge in [-0.15, -0.1) is 11.3 Å². The molecule has 2 heterocycles. The van der Waals surface area contributed by atoms with Crippen LogP contribution < -0.4 is 11.3 Å². The maximum Gasteiger partial charge on any atom is 0.262 e. The van der Waals surface area contributed by atoms with Crippen molar-refractivity contribution < 1.29 is 8.42 Å². The molecule has 1 saturated carbocycles. The summed E-state index contributed by atoms with van der Waals surface area (Å²) in [7, 11) is -2.00. The molecule has 110 valence electrons. The Morgan fingerprint density at radius 1 is 1.60 bits per heavy atom. The van der Waals surface area contributed by atoms with Gasteiger partial charge in [-0.2, -0.15) is 9.29 Å². The van der Waals surface area contributed by atoms with Crippen molar-refractivity contribution in [2.24, 2.45) is 11.8 Å². The van der Waals surface area contributed by atoms with E-state index in [1.807, 2.05) is 0 Å². The molecule has 0 amide bonds. The first-order valence-corrected chi connectivity index (χ1v) is 8.74. The Balaban J connectivity index is 2.00. The molecule has 1 aliphatic carbocycles. The van der Waals surface area contributed by atoms with Crippen LogP contribution in [0.15, 0.2) is 16.6 Å². The smallest absolute Gasteiger partial charge is 0.262 e. The minimum Gasteiger partial charge on any atom is -0.306 e. The van der Waals surface area contributed by atoms with Gasteiger partial charge in [0.1, 0.15) is 0 Å². The first kappa shape index (κ1) is 13.8. The van der Waals surface area contributed by atoms with Crippen LogP contribution >= 0.6 is 11.3 Å². The second kappa shape index (κ2) is 4.99. The zero-order valence-electron chi connectivity index (χ0n) is 11.1. The zero-order valence-corrected chi connectivity index (χ0v) is 12.7. The van der Waals surface area contributed by atoms with Crippen molar-refractivity contribution in [3.05, 3.63) is 11.6 Å². The summed E-state index contributed by atoms with van der Waals surface area (Å²) in [6.45, 7) is 0.545. The van der Waals surface area contributed by atoms with Crippen LogP contribution in [0, 0.1) is 5.92 Å². The predicted octanol–water partition coefficient (Wildman–Crippen LogP) is 1.10. The number of sulfonamides is 1. The van der Waals surface area contributed by atoms with Gasteiger partial charge in [-0.25, -0.2) is 14.3 Å². The molecule has 0 aliphatic heterocycles. The van der Waals surface area contributed by atoms with Crippen LogP contribution in [0.25, 0.3) is 4.96 Å². The van der Waals surface area contributed by atoms with E-state index < -0.39 is 10.0 Å². The quantitative estimate of drug-likeness (QED) is 0.637. The largest absolute Gasteiger partial charge is 0.306 e. The lowest BCUT2D eigenvalue weighted by Crippen LogP contribution is -2.35. The summed E-state index contributed by atoms with van der Waals surface area (Å²) in [6.07, 6.45) is 5.08. The van der Waals surface area contributed by atoms with E-state index in [-0.39, 0.29) is 10.8 Å². The number of rotatable bonds is 5. The number of fused-ring (bicyclic) bond motifs is 1. The summed E-state index contributed by atoms with van der Waals surface area (Å²) in [6, 6.07) is 0. The monoisotopic (exact) mass is 315 g/mol. The normalized spacial score (nSPS) is 16.8. The molecule has 0 unspecified atom stereocenters. The highest BCUT2D eigenvalue weighted by molar-refractivity contribution is 7.89. The lowest BCUT2D eigenvalue weighted by molar-refractivity contribution is 0.262. The Labute approximate surface area is 121 Å². The Kier molecular flexibility index (Phi) is 3.44. The molecule has 1 fully saturated rings. The standard InChI is InChI=1S/C11H17N5O2S2/c1-15(7-8-3-2-4-8)20(17,18)10-9(14-12)13-11-16(10)5-6-19-11/h5-6,8,14H,2-4,7,12H2,1H3. The highest BCUT2D eigenvalue weighted by atomic mass is 32.2. The second-order valence-electron chi connectivity index (χ2n) is 5.05. The summed E-state index contributed by atoms with van der Waals surface area (Å²) in [5, 5.41) is 1.91. The Bertz CT molecular complexity index is 716. The third-order valence-electron chi connectivity index (χ3n) is 3.75. The minimum atomic E-state index is -3.61. The average molecular weight is 315 g/mol. The third kappa shape index (κ3) is 2.10. The molecule has 0 aromatic carbocycles. The molecule has 20 heavy (non-hydrogen) atoms. The molecule has 0 saturated heterocycles. The molecule has 3 rings (SSSR count). The van der Waals surface area contributed by atoms with Gasteiger partial charge in [0.15, 0.2) is 10.8 Å². The molecule has 2 aromatic heterocycles. The van der Waals surface area contributed by atoms with Crippen LogP contribution in [0.1, 0.15) is 19.3 Å². The summed E-state index contributed by atoms with van der Waals surface area (Å²) in [5.74, 6) is 6.06. The van der Waals surface area contributed by atoms with Gasteiger partial charge in [0.25, 0.3) is 10.0 Å². The molecular weight excluding hydrogens is 298 g/mol. The van der Waals surface area contributed by atoms with Crippen molar-refractivity contribution in [2.75, 3.05) is 19.0 Å². The van der Waals surface area contributed by atoms with E-state index in [1.54, 1.807) is 23.0 Å². The van der Waals surface area contributed by atoms with E-state index in [9.17, 15) is 8.42 Å².